The van der Waals surface area contributed by atoms with Crippen molar-refractivity contribution in [2.75, 3.05) is 32.8 Å². The standard InChI is InChI=1S/C13H24N2O/c16-10-11-5-7-15(8-11)13-2-1-6-14(9-13)12-3-4-12/h11-13,16H,1-10H2. The summed E-state index contributed by atoms with van der Waals surface area (Å²) < 4.78 is 0. The summed E-state index contributed by atoms with van der Waals surface area (Å²) in [6.45, 7) is 5.37. The molecule has 16 heavy (non-hydrogen) atoms. The van der Waals surface area contributed by atoms with Crippen molar-refractivity contribution in [3.63, 3.8) is 0 Å². The molecule has 0 bridgehead atoms. The van der Waals surface area contributed by atoms with Gasteiger partial charge in [-0.3, -0.25) is 9.80 Å². The number of aliphatic hydroxyl groups is 1. The molecular weight excluding hydrogens is 200 g/mol. The van der Waals surface area contributed by atoms with Crippen molar-refractivity contribution in [2.45, 2.75) is 44.2 Å². The molecule has 0 radical (unpaired) electrons. The number of piperidine rings is 1. The maximum atomic E-state index is 9.20. The molecule has 2 atom stereocenters. The number of rotatable bonds is 3. The third-order valence-corrected chi connectivity index (χ3v) is 4.58. The largest absolute Gasteiger partial charge is 0.396 e. The normalized spacial score (nSPS) is 38.1. The Morgan fingerprint density at radius 3 is 2.38 bits per heavy atom. The zero-order valence-electron chi connectivity index (χ0n) is 10.1. The monoisotopic (exact) mass is 224 g/mol. The summed E-state index contributed by atoms with van der Waals surface area (Å²) in [6, 6.07) is 1.71. The van der Waals surface area contributed by atoms with Crippen LogP contribution >= 0.6 is 0 Å². The second-order valence-corrected chi connectivity index (χ2v) is 5.85. The minimum absolute atomic E-state index is 0.384. The lowest BCUT2D eigenvalue weighted by atomic mass is 10.0. The van der Waals surface area contributed by atoms with Crippen LogP contribution in [0.5, 0.6) is 0 Å². The first-order valence-electron chi connectivity index (χ1n) is 6.96. The zero-order chi connectivity index (χ0) is 11.0. The predicted molar refractivity (Wildman–Crippen MR) is 64.4 cm³/mol. The molecule has 3 fully saturated rings. The van der Waals surface area contributed by atoms with Gasteiger partial charge in [0, 0.05) is 31.8 Å². The fourth-order valence-corrected chi connectivity index (χ4v) is 3.40. The van der Waals surface area contributed by atoms with Gasteiger partial charge in [0.2, 0.25) is 0 Å². The summed E-state index contributed by atoms with van der Waals surface area (Å²) >= 11 is 0. The molecule has 0 amide bonds. The van der Waals surface area contributed by atoms with E-state index in [9.17, 15) is 5.11 Å². The van der Waals surface area contributed by atoms with Crippen molar-refractivity contribution in [2.24, 2.45) is 5.92 Å². The fourth-order valence-electron chi connectivity index (χ4n) is 3.40. The Labute approximate surface area is 98.4 Å². The van der Waals surface area contributed by atoms with Crippen LogP contribution in [-0.2, 0) is 0 Å². The van der Waals surface area contributed by atoms with Crippen molar-refractivity contribution in [1.29, 1.82) is 0 Å². The molecule has 0 aromatic carbocycles. The second kappa shape index (κ2) is 4.63. The van der Waals surface area contributed by atoms with Crippen LogP contribution in [0, 0.1) is 5.92 Å². The minimum Gasteiger partial charge on any atom is -0.396 e. The zero-order valence-corrected chi connectivity index (χ0v) is 10.1. The lowest BCUT2D eigenvalue weighted by molar-refractivity contribution is 0.104. The maximum Gasteiger partial charge on any atom is 0.0471 e. The fraction of sp³-hybridized carbons (Fsp3) is 1.00. The molecule has 92 valence electrons. The van der Waals surface area contributed by atoms with Crippen LogP contribution in [0.3, 0.4) is 0 Å². The van der Waals surface area contributed by atoms with E-state index < -0.39 is 0 Å². The van der Waals surface area contributed by atoms with E-state index in [-0.39, 0.29) is 0 Å². The molecule has 3 rings (SSSR count). The molecule has 2 unspecified atom stereocenters. The molecule has 3 heteroatoms. The van der Waals surface area contributed by atoms with Gasteiger partial charge in [-0.15, -0.1) is 0 Å². The highest BCUT2D eigenvalue weighted by atomic mass is 16.3. The highest BCUT2D eigenvalue weighted by Gasteiger charge is 2.36. The first-order valence-corrected chi connectivity index (χ1v) is 6.96. The van der Waals surface area contributed by atoms with Crippen LogP contribution in [0.15, 0.2) is 0 Å². The number of nitrogens with zero attached hydrogens (tertiary/aromatic N) is 2. The van der Waals surface area contributed by atoms with Gasteiger partial charge in [0.05, 0.1) is 0 Å². The van der Waals surface area contributed by atoms with Crippen LogP contribution in [0.25, 0.3) is 0 Å². The minimum atomic E-state index is 0.384. The molecule has 0 aromatic rings. The van der Waals surface area contributed by atoms with Gasteiger partial charge in [0.15, 0.2) is 0 Å². The Hall–Kier alpha value is -0.120. The lowest BCUT2D eigenvalue weighted by Gasteiger charge is -2.37. The molecule has 0 spiro atoms. The molecular formula is C13H24N2O. The van der Waals surface area contributed by atoms with Crippen molar-refractivity contribution in [1.82, 2.24) is 9.80 Å². The average Bonchev–Trinajstić information content (AvgIpc) is 3.07. The van der Waals surface area contributed by atoms with Gasteiger partial charge in [-0.1, -0.05) is 0 Å². The van der Waals surface area contributed by atoms with Gasteiger partial charge in [-0.05, 0) is 51.1 Å². The van der Waals surface area contributed by atoms with Crippen LogP contribution in [-0.4, -0.2) is 59.8 Å². The van der Waals surface area contributed by atoms with E-state index in [1.165, 1.54) is 51.7 Å². The summed E-state index contributed by atoms with van der Waals surface area (Å²) in [7, 11) is 0. The molecule has 1 N–H and O–H groups in total. The Bertz CT molecular complexity index is 242. The van der Waals surface area contributed by atoms with Crippen LogP contribution < -0.4 is 0 Å². The Morgan fingerprint density at radius 1 is 0.875 bits per heavy atom. The molecule has 2 heterocycles. The number of aliphatic hydroxyl groups excluding tert-OH is 1. The molecule has 1 aliphatic carbocycles. The van der Waals surface area contributed by atoms with E-state index in [0.717, 1.165) is 18.6 Å². The molecule has 1 saturated carbocycles. The second-order valence-electron chi connectivity index (χ2n) is 5.85. The van der Waals surface area contributed by atoms with Gasteiger partial charge in [-0.2, -0.15) is 0 Å². The summed E-state index contributed by atoms with van der Waals surface area (Å²) in [5.41, 5.74) is 0. The van der Waals surface area contributed by atoms with Crippen LogP contribution in [0.2, 0.25) is 0 Å². The number of hydrogen-bond donors (Lipinski definition) is 1. The average molecular weight is 224 g/mol. The predicted octanol–water partition coefficient (Wildman–Crippen LogP) is 0.927. The topological polar surface area (TPSA) is 26.7 Å². The van der Waals surface area contributed by atoms with Gasteiger partial charge >= 0.3 is 0 Å². The number of likely N-dealkylation sites (tertiary alicyclic amines) is 2. The quantitative estimate of drug-likeness (QED) is 0.772. The van der Waals surface area contributed by atoms with E-state index in [4.69, 9.17) is 0 Å². The van der Waals surface area contributed by atoms with Crippen molar-refractivity contribution in [3.05, 3.63) is 0 Å². The van der Waals surface area contributed by atoms with E-state index >= 15 is 0 Å². The van der Waals surface area contributed by atoms with E-state index in [2.05, 4.69) is 9.80 Å². The lowest BCUT2D eigenvalue weighted by Crippen LogP contribution is -2.47. The maximum absolute atomic E-state index is 9.20. The molecule has 2 saturated heterocycles. The third-order valence-electron chi connectivity index (χ3n) is 4.58. The van der Waals surface area contributed by atoms with Crippen LogP contribution in [0.4, 0.5) is 0 Å². The molecule has 3 aliphatic rings. The summed E-state index contributed by atoms with van der Waals surface area (Å²) in [4.78, 5) is 5.34. The Morgan fingerprint density at radius 2 is 1.69 bits per heavy atom. The first kappa shape index (κ1) is 11.0. The molecule has 3 nitrogen and oxygen atoms in total. The van der Waals surface area contributed by atoms with Gasteiger partial charge in [-0.25, -0.2) is 0 Å². The SMILES string of the molecule is OCC1CCN(C2CCCN(C3CC3)C2)C1. The van der Waals surface area contributed by atoms with E-state index in [0.29, 0.717) is 12.5 Å². The van der Waals surface area contributed by atoms with Gasteiger partial charge in [0.25, 0.3) is 0 Å². The first-order chi connectivity index (χ1) is 7.86. The summed E-state index contributed by atoms with van der Waals surface area (Å²) in [5, 5.41) is 9.20. The van der Waals surface area contributed by atoms with Gasteiger partial charge in [0.1, 0.15) is 0 Å². The van der Waals surface area contributed by atoms with Gasteiger partial charge < -0.3 is 5.11 Å². The van der Waals surface area contributed by atoms with E-state index in [1.54, 1.807) is 0 Å². The van der Waals surface area contributed by atoms with Crippen molar-refractivity contribution < 1.29 is 5.11 Å². The highest BCUT2D eigenvalue weighted by Crippen LogP contribution is 2.31. The molecule has 2 aliphatic heterocycles. The number of hydrogen-bond acceptors (Lipinski definition) is 3. The van der Waals surface area contributed by atoms with Crippen molar-refractivity contribution in [3.8, 4) is 0 Å². The smallest absolute Gasteiger partial charge is 0.0471 e. The summed E-state index contributed by atoms with van der Waals surface area (Å²) in [5.74, 6) is 0.552. The van der Waals surface area contributed by atoms with Crippen molar-refractivity contribution >= 4 is 0 Å². The summed E-state index contributed by atoms with van der Waals surface area (Å²) in [6.07, 6.45) is 6.83. The Kier molecular flexibility index (Phi) is 3.18. The Balaban J connectivity index is 1.53. The van der Waals surface area contributed by atoms with Crippen LogP contribution in [0.1, 0.15) is 32.1 Å². The molecule has 0 aromatic heterocycles. The highest BCUT2D eigenvalue weighted by molar-refractivity contribution is 4.92. The van der Waals surface area contributed by atoms with E-state index in [1.807, 2.05) is 0 Å². The third kappa shape index (κ3) is 2.27.